The SMILES string of the molecule is C[N+]1=C(C=CC=CC=C2N(CCCCCC(=O)NCCN)c3cc(S(=O)(=O)O)ccc3C2(C)C)C(C)(C)c2ccc(SOOO)cc21. The monoisotopic (exact) mass is 685 g/mol. The number of fused-ring (bicyclic) bond motifs is 2. The number of hydrogen-bond donors (Lipinski definition) is 4. The highest BCUT2D eigenvalue weighted by molar-refractivity contribution is 7.94. The molecule has 2 aromatic carbocycles. The van der Waals surface area contributed by atoms with Crippen molar-refractivity contribution in [2.24, 2.45) is 5.73 Å². The van der Waals surface area contributed by atoms with Crippen LogP contribution in [0.15, 0.2) is 82.3 Å². The first-order chi connectivity index (χ1) is 22.2. The van der Waals surface area contributed by atoms with Crippen molar-refractivity contribution in [1.29, 1.82) is 0 Å². The lowest BCUT2D eigenvalue weighted by atomic mass is 9.81. The molecule has 13 heteroatoms. The maximum absolute atomic E-state index is 12.0. The molecule has 47 heavy (non-hydrogen) atoms. The molecule has 0 unspecified atom stereocenters. The highest BCUT2D eigenvalue weighted by Gasteiger charge is 2.43. The minimum Gasteiger partial charge on any atom is -0.355 e. The lowest BCUT2D eigenvalue weighted by molar-refractivity contribution is -0.432. The van der Waals surface area contributed by atoms with E-state index in [-0.39, 0.29) is 16.2 Å². The Morgan fingerprint density at radius 1 is 1.04 bits per heavy atom. The standard InChI is InChI=1S/C34H44N4O7S2/c1-33(2)26-17-15-24(46-45-44-40)22-28(26)37(5)30(33)12-8-6-9-13-31-34(3,4)27-18-16-25(47(41,42)43)23-29(27)38(31)21-11-7-10-14-32(39)36-20-19-35/h6,8-9,12-13,15-18,22-23H,7,10-11,14,19-21,35H2,1-5H3,(H2-,36,39,40,41,42,43)/p+1. The third kappa shape index (κ3) is 8.23. The molecule has 0 atom stereocenters. The second-order valence-electron chi connectivity index (χ2n) is 12.6. The fraction of sp³-hybridized carbons (Fsp3) is 0.412. The number of rotatable bonds is 15. The van der Waals surface area contributed by atoms with Crippen LogP contribution in [-0.4, -0.2) is 61.1 Å². The number of allylic oxidation sites excluding steroid dienone is 6. The molecule has 11 nitrogen and oxygen atoms in total. The number of hydrogen-bond acceptors (Lipinski definition) is 9. The van der Waals surface area contributed by atoms with Crippen LogP contribution in [0.3, 0.4) is 0 Å². The Morgan fingerprint density at radius 2 is 1.79 bits per heavy atom. The average Bonchev–Trinajstić information content (AvgIpc) is 3.35. The normalized spacial score (nSPS) is 17.7. The predicted octanol–water partition coefficient (Wildman–Crippen LogP) is 5.80. The predicted molar refractivity (Wildman–Crippen MR) is 184 cm³/mol. The molecule has 5 N–H and O–H groups in total. The molecule has 2 aliphatic heterocycles. The van der Waals surface area contributed by atoms with E-state index in [1.54, 1.807) is 6.07 Å². The largest absolute Gasteiger partial charge is 0.355 e. The van der Waals surface area contributed by atoms with Gasteiger partial charge in [0.05, 0.1) is 22.4 Å². The van der Waals surface area contributed by atoms with Crippen LogP contribution < -0.4 is 16.0 Å². The summed E-state index contributed by atoms with van der Waals surface area (Å²) >= 11 is 0.924. The zero-order valence-electron chi connectivity index (χ0n) is 27.5. The molecular weight excluding hydrogens is 641 g/mol. The first kappa shape index (κ1) is 36.5. The van der Waals surface area contributed by atoms with Gasteiger partial charge in [-0.3, -0.25) is 9.35 Å². The van der Waals surface area contributed by atoms with Gasteiger partial charge >= 0.3 is 0 Å². The quantitative estimate of drug-likeness (QED) is 0.0344. The lowest BCUT2D eigenvalue weighted by Crippen LogP contribution is -2.29. The van der Waals surface area contributed by atoms with Gasteiger partial charge in [-0.05, 0) is 56.5 Å². The minimum absolute atomic E-state index is 0.0135. The molecule has 0 spiro atoms. The van der Waals surface area contributed by atoms with E-state index in [4.69, 9.17) is 11.0 Å². The van der Waals surface area contributed by atoms with Crippen molar-refractivity contribution in [3.63, 3.8) is 0 Å². The Balaban J connectivity index is 1.55. The number of nitrogens with one attached hydrogen (secondary N) is 1. The maximum Gasteiger partial charge on any atom is 0.294 e. The van der Waals surface area contributed by atoms with Gasteiger partial charge in [0.15, 0.2) is 5.71 Å². The van der Waals surface area contributed by atoms with Crippen molar-refractivity contribution >= 4 is 45.2 Å². The summed E-state index contributed by atoms with van der Waals surface area (Å²) in [4.78, 5) is 14.7. The van der Waals surface area contributed by atoms with Gasteiger partial charge in [0.2, 0.25) is 11.6 Å². The van der Waals surface area contributed by atoms with Crippen molar-refractivity contribution < 1.29 is 37.0 Å². The molecule has 0 aromatic heterocycles. The third-order valence-corrected chi connectivity index (χ3v) is 10.2. The summed E-state index contributed by atoms with van der Waals surface area (Å²) in [6, 6.07) is 10.7. The Morgan fingerprint density at radius 3 is 2.49 bits per heavy atom. The van der Waals surface area contributed by atoms with E-state index in [2.05, 4.69) is 64.0 Å². The van der Waals surface area contributed by atoms with E-state index < -0.39 is 15.5 Å². The number of unbranched alkanes of at least 4 members (excludes halogenated alkanes) is 2. The van der Waals surface area contributed by atoms with Gasteiger partial charge in [0, 0.05) is 65.5 Å². The average molecular weight is 686 g/mol. The van der Waals surface area contributed by atoms with Crippen LogP contribution >= 0.6 is 12.0 Å². The van der Waals surface area contributed by atoms with Crippen LogP contribution in [-0.2, 0) is 35.1 Å². The molecule has 0 saturated heterocycles. The van der Waals surface area contributed by atoms with Gasteiger partial charge < -0.3 is 16.0 Å². The molecule has 0 radical (unpaired) electrons. The van der Waals surface area contributed by atoms with E-state index in [0.29, 0.717) is 26.1 Å². The summed E-state index contributed by atoms with van der Waals surface area (Å²) in [6.45, 7) is 10.0. The van der Waals surface area contributed by atoms with E-state index >= 15 is 0 Å². The second-order valence-corrected chi connectivity index (χ2v) is 14.8. The summed E-state index contributed by atoms with van der Waals surface area (Å²) < 4.78 is 40.5. The fourth-order valence-corrected chi connectivity index (χ4v) is 7.28. The second kappa shape index (κ2) is 15.3. The Labute approximate surface area is 281 Å². The minimum atomic E-state index is -4.37. The van der Waals surface area contributed by atoms with Gasteiger partial charge in [-0.25, -0.2) is 5.26 Å². The number of carbonyl (C=O) groups excluding carboxylic acids is 1. The topological polar surface area (TPSA) is 154 Å². The van der Waals surface area contributed by atoms with Gasteiger partial charge in [-0.2, -0.15) is 13.0 Å². The number of carbonyl (C=O) groups is 1. The molecule has 0 bridgehead atoms. The molecular formula is C34H45N4O7S2+. The zero-order chi connectivity index (χ0) is 34.4. The first-order valence-electron chi connectivity index (χ1n) is 15.6. The zero-order valence-corrected chi connectivity index (χ0v) is 29.2. The molecule has 4 rings (SSSR count). The van der Waals surface area contributed by atoms with Crippen LogP contribution in [0, 0.1) is 0 Å². The molecule has 254 valence electrons. The van der Waals surface area contributed by atoms with E-state index in [9.17, 15) is 17.8 Å². The molecule has 0 fully saturated rings. The van der Waals surface area contributed by atoms with Crippen LogP contribution in [0.5, 0.6) is 0 Å². The number of benzene rings is 2. The Kier molecular flexibility index (Phi) is 11.9. The molecule has 2 heterocycles. The third-order valence-electron chi connectivity index (χ3n) is 8.81. The Hall–Kier alpha value is -3.30. The summed E-state index contributed by atoms with van der Waals surface area (Å²) in [6.07, 6.45) is 12.9. The lowest BCUT2D eigenvalue weighted by Gasteiger charge is -2.27. The van der Waals surface area contributed by atoms with E-state index in [0.717, 1.165) is 64.5 Å². The van der Waals surface area contributed by atoms with Crippen molar-refractivity contribution in [1.82, 2.24) is 5.32 Å². The van der Waals surface area contributed by atoms with Crippen LogP contribution in [0.1, 0.15) is 64.5 Å². The molecule has 1 amide bonds. The van der Waals surface area contributed by atoms with Gasteiger partial charge in [-0.15, -0.1) is 4.33 Å². The number of nitrogens with two attached hydrogens (primary N) is 1. The molecule has 0 aliphatic carbocycles. The van der Waals surface area contributed by atoms with Crippen LogP contribution in [0.2, 0.25) is 0 Å². The molecule has 2 aromatic rings. The summed E-state index contributed by atoms with van der Waals surface area (Å²) in [5.41, 5.74) is 10.8. The van der Waals surface area contributed by atoms with Crippen molar-refractivity contribution in [2.45, 2.75) is 74.0 Å². The summed E-state index contributed by atoms with van der Waals surface area (Å²) in [7, 11) is -2.36. The number of amides is 1. The van der Waals surface area contributed by atoms with Crippen molar-refractivity contribution in [2.75, 3.05) is 31.6 Å². The Bertz CT molecular complexity index is 1710. The number of nitrogens with zero attached hydrogens (tertiary/aromatic N) is 2. The maximum atomic E-state index is 12.0. The van der Waals surface area contributed by atoms with E-state index in [1.165, 1.54) is 17.7 Å². The highest BCUT2D eigenvalue weighted by atomic mass is 32.2. The number of anilines is 1. The van der Waals surface area contributed by atoms with Gasteiger partial charge in [0.25, 0.3) is 10.1 Å². The van der Waals surface area contributed by atoms with E-state index in [1.807, 2.05) is 43.5 Å². The summed E-state index contributed by atoms with van der Waals surface area (Å²) in [5, 5.41) is 15.0. The molecule has 2 aliphatic rings. The van der Waals surface area contributed by atoms with Crippen LogP contribution in [0.25, 0.3) is 0 Å². The smallest absolute Gasteiger partial charge is 0.294 e. The van der Waals surface area contributed by atoms with Gasteiger partial charge in [-0.1, -0.05) is 55.7 Å². The molecule has 0 saturated carbocycles. The highest BCUT2D eigenvalue weighted by Crippen LogP contribution is 2.48. The first-order valence-corrected chi connectivity index (χ1v) is 17.7. The van der Waals surface area contributed by atoms with Gasteiger partial charge in [0.1, 0.15) is 7.05 Å². The fourth-order valence-electron chi connectivity index (χ4n) is 6.39. The van der Waals surface area contributed by atoms with Crippen molar-refractivity contribution in [3.8, 4) is 0 Å². The van der Waals surface area contributed by atoms with Crippen LogP contribution in [0.4, 0.5) is 11.4 Å². The summed E-state index contributed by atoms with van der Waals surface area (Å²) in [5.74, 6) is -0.0135. The van der Waals surface area contributed by atoms with Crippen molar-refractivity contribution in [3.05, 3.63) is 83.6 Å².